The quantitative estimate of drug-likeness (QED) is 0.873. The maximum Gasteiger partial charge on any atom is 0.416 e. The third kappa shape index (κ3) is 2.45. The fourth-order valence-electron chi connectivity index (χ4n) is 1.90. The van der Waals surface area contributed by atoms with Gasteiger partial charge in [-0.25, -0.2) is 4.98 Å². The smallest absolute Gasteiger partial charge is 0.330 e. The van der Waals surface area contributed by atoms with Gasteiger partial charge in [0.15, 0.2) is 0 Å². The molecular formula is C11H12F3N3O. The number of carbonyl (C=O) groups is 1. The molecule has 2 N–H and O–H groups in total. The van der Waals surface area contributed by atoms with Gasteiger partial charge in [-0.1, -0.05) is 0 Å². The Kier molecular flexibility index (Phi) is 3.25. The van der Waals surface area contributed by atoms with Gasteiger partial charge >= 0.3 is 6.18 Å². The molecule has 2 heterocycles. The van der Waals surface area contributed by atoms with Gasteiger partial charge in [0.2, 0.25) is 5.91 Å². The molecule has 1 aliphatic heterocycles. The summed E-state index contributed by atoms with van der Waals surface area (Å²) >= 11 is 0. The zero-order valence-corrected chi connectivity index (χ0v) is 9.44. The van der Waals surface area contributed by atoms with Gasteiger partial charge in [0.1, 0.15) is 5.82 Å². The highest BCUT2D eigenvalue weighted by atomic mass is 19.4. The molecule has 18 heavy (non-hydrogen) atoms. The standard InChI is InChI=1S/C11H12F3N3O/c12-11(13,14)8-1-2-16-9(4-8)17-6-7(5-15)3-10(17)18/h1-2,4,7H,3,5-6,15H2. The molecule has 2 rings (SSSR count). The maximum absolute atomic E-state index is 12.5. The molecule has 1 aromatic heterocycles. The van der Waals surface area contributed by atoms with E-state index in [-0.39, 0.29) is 24.1 Å². The molecule has 0 radical (unpaired) electrons. The van der Waals surface area contributed by atoms with Gasteiger partial charge in [-0.3, -0.25) is 9.69 Å². The van der Waals surface area contributed by atoms with E-state index in [2.05, 4.69) is 4.98 Å². The van der Waals surface area contributed by atoms with Crippen LogP contribution in [0.4, 0.5) is 19.0 Å². The predicted octanol–water partition coefficient (Wildman–Crippen LogP) is 1.41. The van der Waals surface area contributed by atoms with E-state index in [1.54, 1.807) is 0 Å². The van der Waals surface area contributed by atoms with Crippen molar-refractivity contribution in [2.75, 3.05) is 18.0 Å². The summed E-state index contributed by atoms with van der Waals surface area (Å²) in [7, 11) is 0. The topological polar surface area (TPSA) is 59.2 Å². The van der Waals surface area contributed by atoms with Crippen LogP contribution < -0.4 is 10.6 Å². The number of halogens is 3. The second kappa shape index (κ2) is 4.56. The van der Waals surface area contributed by atoms with Gasteiger partial charge in [-0.15, -0.1) is 0 Å². The Labute approximate surface area is 102 Å². The number of rotatable bonds is 2. The minimum absolute atomic E-state index is 0.0196. The lowest BCUT2D eigenvalue weighted by Crippen LogP contribution is -2.27. The van der Waals surface area contributed by atoms with Crippen molar-refractivity contribution in [3.63, 3.8) is 0 Å². The Morgan fingerprint density at radius 1 is 1.50 bits per heavy atom. The van der Waals surface area contributed by atoms with E-state index in [9.17, 15) is 18.0 Å². The number of nitrogens with two attached hydrogens (primary N) is 1. The first-order valence-corrected chi connectivity index (χ1v) is 5.45. The van der Waals surface area contributed by atoms with E-state index in [1.807, 2.05) is 0 Å². The number of carbonyl (C=O) groups excluding carboxylic acids is 1. The number of nitrogens with zero attached hydrogens (tertiary/aromatic N) is 2. The molecule has 0 saturated carbocycles. The molecule has 1 aromatic rings. The molecule has 1 saturated heterocycles. The van der Waals surface area contributed by atoms with Crippen molar-refractivity contribution >= 4 is 11.7 Å². The van der Waals surface area contributed by atoms with E-state index in [0.717, 1.165) is 18.3 Å². The summed E-state index contributed by atoms with van der Waals surface area (Å²) in [4.78, 5) is 16.7. The van der Waals surface area contributed by atoms with Gasteiger partial charge in [-0.2, -0.15) is 13.2 Å². The van der Waals surface area contributed by atoms with E-state index in [1.165, 1.54) is 4.90 Å². The van der Waals surface area contributed by atoms with Gasteiger partial charge in [0.25, 0.3) is 0 Å². The summed E-state index contributed by atoms with van der Waals surface area (Å²) in [5, 5.41) is 0. The summed E-state index contributed by atoms with van der Waals surface area (Å²) in [6.07, 6.45) is -3.12. The molecule has 0 spiro atoms. The maximum atomic E-state index is 12.5. The normalized spacial score (nSPS) is 20.6. The van der Waals surface area contributed by atoms with Gasteiger partial charge < -0.3 is 5.73 Å². The highest BCUT2D eigenvalue weighted by Crippen LogP contribution is 2.32. The average molecular weight is 259 g/mol. The molecule has 0 bridgehead atoms. The van der Waals surface area contributed by atoms with Crippen molar-refractivity contribution in [3.8, 4) is 0 Å². The molecule has 4 nitrogen and oxygen atoms in total. The predicted molar refractivity (Wildman–Crippen MR) is 58.8 cm³/mol. The molecule has 1 fully saturated rings. The summed E-state index contributed by atoms with van der Waals surface area (Å²) in [6, 6.07) is 1.77. The second-order valence-corrected chi connectivity index (χ2v) is 4.21. The molecule has 0 aliphatic carbocycles. The van der Waals surface area contributed by atoms with Crippen LogP contribution in [-0.2, 0) is 11.0 Å². The lowest BCUT2D eigenvalue weighted by molar-refractivity contribution is -0.137. The summed E-state index contributed by atoms with van der Waals surface area (Å²) in [6.45, 7) is 0.658. The van der Waals surface area contributed by atoms with Crippen LogP contribution >= 0.6 is 0 Å². The van der Waals surface area contributed by atoms with Gasteiger partial charge in [-0.05, 0) is 24.6 Å². The average Bonchev–Trinajstić information content (AvgIpc) is 2.70. The number of hydrogen-bond donors (Lipinski definition) is 1. The number of hydrogen-bond acceptors (Lipinski definition) is 3. The van der Waals surface area contributed by atoms with Crippen LogP contribution in [0.25, 0.3) is 0 Å². The Balaban J connectivity index is 2.27. The Morgan fingerprint density at radius 2 is 2.22 bits per heavy atom. The van der Waals surface area contributed by atoms with Crippen LogP contribution in [0.5, 0.6) is 0 Å². The largest absolute Gasteiger partial charge is 0.416 e. The first kappa shape index (κ1) is 12.8. The van der Waals surface area contributed by atoms with Gasteiger partial charge in [0, 0.05) is 19.2 Å². The zero-order chi connectivity index (χ0) is 13.3. The Hall–Kier alpha value is -1.63. The summed E-state index contributed by atoms with van der Waals surface area (Å²) in [5.74, 6) is -0.225. The minimum atomic E-state index is -4.44. The third-order valence-electron chi connectivity index (χ3n) is 2.89. The van der Waals surface area contributed by atoms with Crippen molar-refractivity contribution in [3.05, 3.63) is 23.9 Å². The fraction of sp³-hybridized carbons (Fsp3) is 0.455. The van der Waals surface area contributed by atoms with Crippen LogP contribution in [-0.4, -0.2) is 24.0 Å². The van der Waals surface area contributed by atoms with E-state index in [0.29, 0.717) is 13.1 Å². The first-order chi connectivity index (χ1) is 8.41. The van der Waals surface area contributed by atoms with Gasteiger partial charge in [0.05, 0.1) is 5.56 Å². The lowest BCUT2D eigenvalue weighted by Gasteiger charge is -2.16. The fourth-order valence-corrected chi connectivity index (χ4v) is 1.90. The van der Waals surface area contributed by atoms with Crippen molar-refractivity contribution in [2.24, 2.45) is 11.7 Å². The highest BCUT2D eigenvalue weighted by Gasteiger charge is 2.34. The number of amides is 1. The molecule has 1 aliphatic rings. The van der Waals surface area contributed by atoms with E-state index in [4.69, 9.17) is 5.73 Å². The van der Waals surface area contributed by atoms with Crippen LogP contribution in [0, 0.1) is 5.92 Å². The SMILES string of the molecule is NCC1CC(=O)N(c2cc(C(F)(F)F)ccn2)C1. The molecule has 1 unspecified atom stereocenters. The van der Waals surface area contributed by atoms with Crippen molar-refractivity contribution in [1.82, 2.24) is 4.98 Å². The van der Waals surface area contributed by atoms with Crippen LogP contribution in [0.2, 0.25) is 0 Å². The molecule has 7 heteroatoms. The minimum Gasteiger partial charge on any atom is -0.330 e. The lowest BCUT2D eigenvalue weighted by atomic mass is 10.1. The molecule has 1 atom stereocenters. The molecule has 1 amide bonds. The van der Waals surface area contributed by atoms with E-state index < -0.39 is 11.7 Å². The van der Waals surface area contributed by atoms with Crippen molar-refractivity contribution in [1.29, 1.82) is 0 Å². The monoisotopic (exact) mass is 259 g/mol. The van der Waals surface area contributed by atoms with E-state index >= 15 is 0 Å². The summed E-state index contributed by atoms with van der Waals surface area (Å²) in [5.41, 5.74) is 4.65. The number of anilines is 1. The number of aromatic nitrogens is 1. The van der Waals surface area contributed by atoms with Crippen LogP contribution in [0.15, 0.2) is 18.3 Å². The highest BCUT2D eigenvalue weighted by molar-refractivity contribution is 5.94. The number of alkyl halides is 3. The number of pyridine rings is 1. The zero-order valence-electron chi connectivity index (χ0n) is 9.44. The van der Waals surface area contributed by atoms with Crippen LogP contribution in [0.3, 0.4) is 0 Å². The van der Waals surface area contributed by atoms with Crippen molar-refractivity contribution in [2.45, 2.75) is 12.6 Å². The third-order valence-corrected chi connectivity index (χ3v) is 2.89. The Bertz CT molecular complexity index is 461. The second-order valence-electron chi connectivity index (χ2n) is 4.21. The summed E-state index contributed by atoms with van der Waals surface area (Å²) < 4.78 is 37.6. The molecule has 0 aromatic carbocycles. The molecular weight excluding hydrogens is 247 g/mol. The first-order valence-electron chi connectivity index (χ1n) is 5.45. The Morgan fingerprint density at radius 3 is 2.78 bits per heavy atom. The molecule has 98 valence electrons. The van der Waals surface area contributed by atoms with Crippen molar-refractivity contribution < 1.29 is 18.0 Å². The van der Waals surface area contributed by atoms with Crippen LogP contribution in [0.1, 0.15) is 12.0 Å².